The second-order valence-corrected chi connectivity index (χ2v) is 5.23. The van der Waals surface area contributed by atoms with Gasteiger partial charge < -0.3 is 0 Å². The van der Waals surface area contributed by atoms with Crippen LogP contribution in [0.1, 0.15) is 32.3 Å². The largest absolute Gasteiger partial charge is 0.103 e. The van der Waals surface area contributed by atoms with Crippen molar-refractivity contribution in [3.05, 3.63) is 66.3 Å². The van der Waals surface area contributed by atoms with Gasteiger partial charge in [-0.15, -0.1) is 11.8 Å². The molecule has 0 radical (unpaired) electrons. The summed E-state index contributed by atoms with van der Waals surface area (Å²) in [4.78, 5) is 0. The molecule has 0 nitrogen and oxygen atoms in total. The number of benzene rings is 1. The minimum atomic E-state index is -0.331. The Hall–Kier alpha value is -2.44. The number of hydrogen-bond acceptors (Lipinski definition) is 0. The maximum Gasteiger partial charge on any atom is 0.0852 e. The average Bonchev–Trinajstić information content (AvgIpc) is 2.58. The zero-order valence-electron chi connectivity index (χ0n) is 13.3. The molecule has 0 amide bonds. The van der Waals surface area contributed by atoms with Gasteiger partial charge in [-0.3, -0.25) is 0 Å². The van der Waals surface area contributed by atoms with Crippen molar-refractivity contribution in [3.8, 4) is 23.7 Å². The van der Waals surface area contributed by atoms with Crippen LogP contribution < -0.4 is 0 Å². The molecule has 0 saturated heterocycles. The molecule has 0 heterocycles. The second-order valence-electron chi connectivity index (χ2n) is 5.23. The van der Waals surface area contributed by atoms with Gasteiger partial charge in [0.05, 0.1) is 11.3 Å². The van der Waals surface area contributed by atoms with E-state index in [1.165, 1.54) is 5.56 Å². The van der Waals surface area contributed by atoms with Gasteiger partial charge in [0.2, 0.25) is 0 Å². The topological polar surface area (TPSA) is 0 Å². The number of hydrogen-bond donors (Lipinski definition) is 0. The van der Waals surface area contributed by atoms with E-state index in [0.717, 1.165) is 12.8 Å². The van der Waals surface area contributed by atoms with E-state index in [4.69, 9.17) is 0 Å². The predicted octanol–water partition coefficient (Wildman–Crippen LogP) is 5.26. The lowest BCUT2D eigenvalue weighted by Crippen LogP contribution is -2.24. The van der Waals surface area contributed by atoms with Crippen LogP contribution in [-0.2, 0) is 0 Å². The Morgan fingerprint density at radius 3 is 2.55 bits per heavy atom. The molecule has 0 bridgehead atoms. The molecule has 0 saturated carbocycles. The first-order valence-electron chi connectivity index (χ1n) is 7.89. The van der Waals surface area contributed by atoms with Crippen molar-refractivity contribution in [1.82, 2.24) is 0 Å². The zero-order chi connectivity index (χ0) is 15.7. The maximum absolute atomic E-state index is 3.44. The van der Waals surface area contributed by atoms with E-state index >= 15 is 0 Å². The Kier molecular flexibility index (Phi) is 5.88. The second kappa shape index (κ2) is 8.11. The molecule has 0 heteroatoms. The van der Waals surface area contributed by atoms with Crippen molar-refractivity contribution in [2.45, 2.75) is 26.7 Å². The Bertz CT molecular complexity index is 680. The monoisotopic (exact) mass is 286 g/mol. The third-order valence-corrected chi connectivity index (χ3v) is 3.57. The lowest BCUT2D eigenvalue weighted by atomic mass is 9.73. The first kappa shape index (κ1) is 15.9. The molecule has 1 aromatic carbocycles. The number of allylic oxidation sites excluding steroid dienone is 5. The van der Waals surface area contributed by atoms with Crippen LogP contribution in [0.5, 0.6) is 0 Å². The standard InChI is InChI=1S/C22H22/c1-3-5-14-21-15-10-11-18-22(21,17-6-4-2)19-16-20-12-8-7-9-13-20/h7-13,15-16,18-19,21H,3-4H2,1-2H3/b19-16-. The van der Waals surface area contributed by atoms with Gasteiger partial charge in [-0.2, -0.15) is 0 Å². The molecule has 22 heavy (non-hydrogen) atoms. The molecule has 0 spiro atoms. The van der Waals surface area contributed by atoms with Crippen LogP contribution in [0.3, 0.4) is 0 Å². The maximum atomic E-state index is 3.44. The summed E-state index contributed by atoms with van der Waals surface area (Å²) in [6, 6.07) is 10.3. The molecule has 110 valence electrons. The first-order valence-corrected chi connectivity index (χ1v) is 7.89. The van der Waals surface area contributed by atoms with E-state index < -0.39 is 0 Å². The third-order valence-electron chi connectivity index (χ3n) is 3.57. The highest BCUT2D eigenvalue weighted by atomic mass is 14.3. The minimum absolute atomic E-state index is 0.108. The summed E-state index contributed by atoms with van der Waals surface area (Å²) in [5.41, 5.74) is 0.855. The van der Waals surface area contributed by atoms with Crippen LogP contribution in [-0.4, -0.2) is 0 Å². The van der Waals surface area contributed by atoms with Gasteiger partial charge >= 0.3 is 0 Å². The van der Waals surface area contributed by atoms with Crippen molar-refractivity contribution in [2.24, 2.45) is 11.3 Å². The summed E-state index contributed by atoms with van der Waals surface area (Å²) in [5, 5.41) is 0. The summed E-state index contributed by atoms with van der Waals surface area (Å²) >= 11 is 0. The van der Waals surface area contributed by atoms with Crippen molar-refractivity contribution < 1.29 is 0 Å². The quantitative estimate of drug-likeness (QED) is 0.651. The van der Waals surface area contributed by atoms with Crippen LogP contribution in [0.25, 0.3) is 6.08 Å². The molecule has 2 atom stereocenters. The van der Waals surface area contributed by atoms with Crippen LogP contribution >= 0.6 is 0 Å². The van der Waals surface area contributed by atoms with Crippen LogP contribution in [0, 0.1) is 35.0 Å². The fourth-order valence-electron chi connectivity index (χ4n) is 2.39. The van der Waals surface area contributed by atoms with Crippen LogP contribution in [0.15, 0.2) is 60.7 Å². The van der Waals surface area contributed by atoms with Gasteiger partial charge in [0, 0.05) is 12.8 Å². The molecule has 1 aliphatic carbocycles. The highest BCUT2D eigenvalue weighted by Crippen LogP contribution is 2.35. The fourth-order valence-corrected chi connectivity index (χ4v) is 2.39. The SMILES string of the molecule is CCC#CC1C=CC=CC1(C#CCC)/C=C\c1ccccc1. The van der Waals surface area contributed by atoms with E-state index in [9.17, 15) is 0 Å². The molecule has 2 rings (SSSR count). The highest BCUT2D eigenvalue weighted by molar-refractivity contribution is 5.54. The van der Waals surface area contributed by atoms with Gasteiger partial charge in [-0.1, -0.05) is 92.5 Å². The average molecular weight is 286 g/mol. The van der Waals surface area contributed by atoms with Crippen molar-refractivity contribution in [2.75, 3.05) is 0 Å². The van der Waals surface area contributed by atoms with Crippen molar-refractivity contribution >= 4 is 6.08 Å². The molecule has 1 aliphatic rings. The Morgan fingerprint density at radius 2 is 1.82 bits per heavy atom. The van der Waals surface area contributed by atoms with Crippen LogP contribution in [0.2, 0.25) is 0 Å². The minimum Gasteiger partial charge on any atom is -0.103 e. The zero-order valence-corrected chi connectivity index (χ0v) is 13.3. The number of rotatable bonds is 2. The highest BCUT2D eigenvalue weighted by Gasteiger charge is 2.31. The smallest absolute Gasteiger partial charge is 0.0852 e. The Morgan fingerprint density at radius 1 is 1.05 bits per heavy atom. The van der Waals surface area contributed by atoms with Crippen molar-refractivity contribution in [3.63, 3.8) is 0 Å². The molecule has 0 N–H and O–H groups in total. The van der Waals surface area contributed by atoms with Crippen LogP contribution in [0.4, 0.5) is 0 Å². The van der Waals surface area contributed by atoms with E-state index in [2.05, 4.69) is 98.3 Å². The predicted molar refractivity (Wildman–Crippen MR) is 95.8 cm³/mol. The van der Waals surface area contributed by atoms with Crippen molar-refractivity contribution in [1.29, 1.82) is 0 Å². The summed E-state index contributed by atoms with van der Waals surface area (Å²) < 4.78 is 0. The summed E-state index contributed by atoms with van der Waals surface area (Å²) in [6.07, 6.45) is 14.5. The van der Waals surface area contributed by atoms with E-state index in [-0.39, 0.29) is 11.3 Å². The summed E-state index contributed by atoms with van der Waals surface area (Å²) in [7, 11) is 0. The van der Waals surface area contributed by atoms with E-state index in [0.29, 0.717) is 0 Å². The molecule has 2 unspecified atom stereocenters. The van der Waals surface area contributed by atoms with Gasteiger partial charge in [-0.25, -0.2) is 0 Å². The van der Waals surface area contributed by atoms with Gasteiger partial charge in [0.25, 0.3) is 0 Å². The summed E-state index contributed by atoms with van der Waals surface area (Å²) in [5.74, 6) is 13.4. The normalized spacial score (nSPS) is 22.7. The molecule has 0 aromatic heterocycles. The fraction of sp³-hybridized carbons (Fsp3) is 0.273. The van der Waals surface area contributed by atoms with Gasteiger partial charge in [0.1, 0.15) is 0 Å². The van der Waals surface area contributed by atoms with Gasteiger partial charge in [0.15, 0.2) is 0 Å². The molecular formula is C22H22. The molecule has 1 aromatic rings. The third kappa shape index (κ3) is 4.03. The molecular weight excluding hydrogens is 264 g/mol. The molecule has 0 aliphatic heterocycles. The first-order chi connectivity index (χ1) is 10.8. The lowest BCUT2D eigenvalue weighted by Gasteiger charge is -2.28. The lowest BCUT2D eigenvalue weighted by molar-refractivity contribution is 0.558. The molecule has 0 fully saturated rings. The van der Waals surface area contributed by atoms with E-state index in [1.54, 1.807) is 0 Å². The Labute approximate surface area is 134 Å². The van der Waals surface area contributed by atoms with E-state index in [1.807, 2.05) is 6.07 Å². The summed E-state index contributed by atoms with van der Waals surface area (Å²) in [6.45, 7) is 4.16. The Balaban J connectivity index is 2.40. The van der Waals surface area contributed by atoms with Gasteiger partial charge in [-0.05, 0) is 5.56 Å².